The van der Waals surface area contributed by atoms with Crippen LogP contribution in [0.2, 0.25) is 0 Å². The van der Waals surface area contributed by atoms with Crippen molar-refractivity contribution >= 4 is 23.7 Å². The quantitative estimate of drug-likeness (QED) is 0.122. The van der Waals surface area contributed by atoms with E-state index >= 15 is 0 Å². The van der Waals surface area contributed by atoms with Gasteiger partial charge < -0.3 is 9.47 Å². The highest BCUT2D eigenvalue weighted by Gasteiger charge is 2.16. The molecule has 0 fully saturated rings. The van der Waals surface area contributed by atoms with Gasteiger partial charge in [-0.2, -0.15) is 9.97 Å². The van der Waals surface area contributed by atoms with E-state index in [0.29, 0.717) is 41.8 Å². The molecule has 2 amide bonds. The van der Waals surface area contributed by atoms with Gasteiger partial charge in [-0.3, -0.25) is 40.4 Å². The second-order valence-corrected chi connectivity index (χ2v) is 9.06. The first kappa shape index (κ1) is 31.2. The first-order valence-corrected chi connectivity index (χ1v) is 13.6. The maximum atomic E-state index is 12.1. The van der Waals surface area contributed by atoms with E-state index in [1.807, 2.05) is 48.5 Å². The van der Waals surface area contributed by atoms with Crippen LogP contribution in [0.3, 0.4) is 0 Å². The standard InChI is InChI=1S/C16H15N5O2.C14H17N5O2/c1-23-13-8-3-2-6-11(13)10-14(22)18-16-19-15(20-21-16)12-7-4-5-9-17-12;1-3-4-9-21-10(2)13(20)17-14-16-12(18-19-14)11-7-5-6-8-15-11/h2-9H,10H2,1H3,(H2,18,19,20,21,22);3,5-8,10H,1,4,9H2,2H3,(H2,16,17,18,19,20). The van der Waals surface area contributed by atoms with Gasteiger partial charge in [0.1, 0.15) is 23.2 Å². The molecule has 0 aliphatic heterocycles. The molecule has 0 radical (unpaired) electrons. The first-order valence-electron chi connectivity index (χ1n) is 13.6. The monoisotopic (exact) mass is 596 g/mol. The lowest BCUT2D eigenvalue weighted by Crippen LogP contribution is -2.28. The lowest BCUT2D eigenvalue weighted by Gasteiger charge is -2.10. The fourth-order valence-corrected chi connectivity index (χ4v) is 3.68. The highest BCUT2D eigenvalue weighted by Crippen LogP contribution is 2.18. The molecule has 5 aromatic rings. The van der Waals surface area contributed by atoms with Crippen LogP contribution >= 0.6 is 0 Å². The average Bonchev–Trinajstić information content (AvgIpc) is 3.72. The Morgan fingerprint density at radius 1 is 0.886 bits per heavy atom. The van der Waals surface area contributed by atoms with E-state index in [1.54, 1.807) is 44.6 Å². The van der Waals surface area contributed by atoms with E-state index in [0.717, 1.165) is 5.56 Å². The number of anilines is 2. The average molecular weight is 597 g/mol. The van der Waals surface area contributed by atoms with Crippen LogP contribution in [0.4, 0.5) is 11.9 Å². The fraction of sp³-hybridized carbons (Fsp3) is 0.200. The molecule has 14 heteroatoms. The van der Waals surface area contributed by atoms with Crippen molar-refractivity contribution in [3.63, 3.8) is 0 Å². The van der Waals surface area contributed by atoms with E-state index in [9.17, 15) is 9.59 Å². The molecule has 1 atom stereocenters. The molecule has 4 N–H and O–H groups in total. The van der Waals surface area contributed by atoms with E-state index in [4.69, 9.17) is 9.47 Å². The number of benzene rings is 1. The second kappa shape index (κ2) is 16.0. The van der Waals surface area contributed by atoms with Gasteiger partial charge in [-0.1, -0.05) is 36.4 Å². The van der Waals surface area contributed by atoms with E-state index in [2.05, 4.69) is 57.5 Å². The summed E-state index contributed by atoms with van der Waals surface area (Å²) in [5.41, 5.74) is 2.11. The Morgan fingerprint density at radius 2 is 1.48 bits per heavy atom. The number of carbonyl (C=O) groups excluding carboxylic acids is 2. The molecule has 0 saturated carbocycles. The summed E-state index contributed by atoms with van der Waals surface area (Å²) in [4.78, 5) is 40.7. The third-order valence-corrected chi connectivity index (χ3v) is 5.87. The predicted molar refractivity (Wildman–Crippen MR) is 163 cm³/mol. The summed E-state index contributed by atoms with van der Waals surface area (Å²) in [5.74, 6) is 1.55. The van der Waals surface area contributed by atoms with Crippen LogP contribution in [0.15, 0.2) is 85.7 Å². The minimum Gasteiger partial charge on any atom is -0.496 e. The van der Waals surface area contributed by atoms with Crippen molar-refractivity contribution < 1.29 is 19.1 Å². The molecule has 5 rings (SSSR count). The number of pyridine rings is 2. The van der Waals surface area contributed by atoms with Gasteiger partial charge in [0, 0.05) is 18.0 Å². The normalized spacial score (nSPS) is 11.0. The van der Waals surface area contributed by atoms with Crippen LogP contribution < -0.4 is 15.4 Å². The van der Waals surface area contributed by atoms with Gasteiger partial charge >= 0.3 is 0 Å². The predicted octanol–water partition coefficient (Wildman–Crippen LogP) is 3.84. The largest absolute Gasteiger partial charge is 0.496 e. The number of carbonyl (C=O) groups is 2. The van der Waals surface area contributed by atoms with Gasteiger partial charge in [0.15, 0.2) is 11.6 Å². The Morgan fingerprint density at radius 3 is 2.05 bits per heavy atom. The Labute approximate surface area is 253 Å². The number of H-pyrrole nitrogens is 2. The highest BCUT2D eigenvalue weighted by atomic mass is 16.5. The Balaban J connectivity index is 0.000000202. The second-order valence-electron chi connectivity index (χ2n) is 9.06. The zero-order valence-electron chi connectivity index (χ0n) is 24.2. The molecule has 44 heavy (non-hydrogen) atoms. The molecule has 226 valence electrons. The molecular formula is C30H32N10O4. The zero-order valence-corrected chi connectivity index (χ0v) is 24.2. The number of aromatic amines is 2. The number of para-hydroxylation sites is 1. The van der Waals surface area contributed by atoms with Gasteiger partial charge in [-0.15, -0.1) is 16.8 Å². The lowest BCUT2D eigenvalue weighted by molar-refractivity contribution is -0.126. The third kappa shape index (κ3) is 9.12. The van der Waals surface area contributed by atoms with Crippen LogP contribution in [0.1, 0.15) is 18.9 Å². The van der Waals surface area contributed by atoms with E-state index < -0.39 is 6.10 Å². The molecule has 0 aliphatic carbocycles. The number of ether oxygens (including phenoxy) is 2. The molecule has 4 heterocycles. The molecular weight excluding hydrogens is 564 g/mol. The number of aromatic nitrogens is 8. The molecule has 0 aliphatic rings. The number of rotatable bonds is 12. The summed E-state index contributed by atoms with van der Waals surface area (Å²) in [6.45, 7) is 5.71. The molecule has 4 aromatic heterocycles. The topological polar surface area (TPSA) is 186 Å². The number of methoxy groups -OCH3 is 1. The molecule has 0 saturated heterocycles. The molecule has 1 unspecified atom stereocenters. The smallest absolute Gasteiger partial charge is 0.255 e. The van der Waals surface area contributed by atoms with Crippen LogP contribution in [-0.2, 0) is 20.7 Å². The minimum atomic E-state index is -0.582. The third-order valence-electron chi connectivity index (χ3n) is 5.87. The van der Waals surface area contributed by atoms with Crippen molar-refractivity contribution in [1.82, 2.24) is 40.3 Å². The first-order chi connectivity index (χ1) is 21.5. The van der Waals surface area contributed by atoms with Crippen LogP contribution in [-0.4, -0.2) is 72.0 Å². The summed E-state index contributed by atoms with van der Waals surface area (Å²) in [6, 6.07) is 18.3. The number of hydrogen-bond acceptors (Lipinski definition) is 10. The van der Waals surface area contributed by atoms with Gasteiger partial charge in [0.2, 0.25) is 17.8 Å². The van der Waals surface area contributed by atoms with Gasteiger partial charge in [-0.25, -0.2) is 0 Å². The molecule has 1 aromatic carbocycles. The van der Waals surface area contributed by atoms with Crippen molar-refractivity contribution in [1.29, 1.82) is 0 Å². The Bertz CT molecular complexity index is 1640. The summed E-state index contributed by atoms with van der Waals surface area (Å²) in [6.07, 6.45) is 5.35. The van der Waals surface area contributed by atoms with Gasteiger partial charge in [0.25, 0.3) is 5.91 Å². The summed E-state index contributed by atoms with van der Waals surface area (Å²) in [7, 11) is 1.57. The van der Waals surface area contributed by atoms with Crippen LogP contribution in [0.5, 0.6) is 5.75 Å². The summed E-state index contributed by atoms with van der Waals surface area (Å²) in [5, 5.41) is 18.6. The number of hydrogen-bond donors (Lipinski definition) is 4. The van der Waals surface area contributed by atoms with E-state index in [1.165, 1.54) is 0 Å². The van der Waals surface area contributed by atoms with Crippen molar-refractivity contribution in [2.45, 2.75) is 25.9 Å². The van der Waals surface area contributed by atoms with Gasteiger partial charge in [0.05, 0.1) is 20.1 Å². The van der Waals surface area contributed by atoms with Crippen LogP contribution in [0.25, 0.3) is 23.0 Å². The highest BCUT2D eigenvalue weighted by molar-refractivity contribution is 5.92. The van der Waals surface area contributed by atoms with Crippen molar-refractivity contribution in [2.24, 2.45) is 0 Å². The van der Waals surface area contributed by atoms with Crippen molar-refractivity contribution in [2.75, 3.05) is 24.4 Å². The molecule has 0 bridgehead atoms. The van der Waals surface area contributed by atoms with Crippen molar-refractivity contribution in [3.8, 4) is 28.8 Å². The Kier molecular flexibility index (Phi) is 11.4. The number of amides is 2. The summed E-state index contributed by atoms with van der Waals surface area (Å²) < 4.78 is 10.6. The van der Waals surface area contributed by atoms with Crippen molar-refractivity contribution in [3.05, 3.63) is 91.3 Å². The fourth-order valence-electron chi connectivity index (χ4n) is 3.68. The maximum Gasteiger partial charge on any atom is 0.255 e. The number of nitrogens with zero attached hydrogens (tertiary/aromatic N) is 6. The van der Waals surface area contributed by atoms with Crippen LogP contribution in [0, 0.1) is 0 Å². The minimum absolute atomic E-state index is 0.178. The summed E-state index contributed by atoms with van der Waals surface area (Å²) >= 11 is 0. The maximum absolute atomic E-state index is 12.1. The molecule has 14 nitrogen and oxygen atoms in total. The lowest BCUT2D eigenvalue weighted by atomic mass is 10.1. The number of nitrogens with one attached hydrogen (secondary N) is 4. The zero-order chi connectivity index (χ0) is 31.1. The SMILES string of the molecule is C=CCCOC(C)C(=O)Nc1n[nH]c(-c2ccccn2)n1.COc1ccccc1CC(=O)Nc1n[nH]c(-c2ccccn2)n1. The molecule has 0 spiro atoms. The Hall–Kier alpha value is -5.76. The van der Waals surface area contributed by atoms with E-state index in [-0.39, 0.29) is 30.1 Å². The van der Waals surface area contributed by atoms with Gasteiger partial charge in [-0.05, 0) is 43.7 Å².